The van der Waals surface area contributed by atoms with Crippen LogP contribution in [0.2, 0.25) is 0 Å². The van der Waals surface area contributed by atoms with Crippen molar-refractivity contribution in [3.63, 3.8) is 0 Å². The maximum Gasteiger partial charge on any atom is 0.128 e. The van der Waals surface area contributed by atoms with Crippen LogP contribution in [0.1, 0.15) is 37.8 Å². The van der Waals surface area contributed by atoms with E-state index in [0.29, 0.717) is 0 Å². The van der Waals surface area contributed by atoms with Gasteiger partial charge < -0.3 is 15.5 Å². The predicted octanol–water partition coefficient (Wildman–Crippen LogP) is 2.02. The van der Waals surface area contributed by atoms with Gasteiger partial charge in [0.25, 0.3) is 0 Å². The third kappa shape index (κ3) is 2.67. The number of nitrogens with zero attached hydrogens (tertiary/aromatic N) is 3. The van der Waals surface area contributed by atoms with Crippen molar-refractivity contribution in [2.75, 3.05) is 31.6 Å². The van der Waals surface area contributed by atoms with E-state index < -0.39 is 0 Å². The SMILES string of the molecule is CC(N)c1ccc(N2CCC3C(CCCN3C)C2)nc1. The number of hydrogen-bond acceptors (Lipinski definition) is 4. The Labute approximate surface area is 122 Å². The van der Waals surface area contributed by atoms with Crippen LogP contribution in [0.4, 0.5) is 5.82 Å². The Balaban J connectivity index is 1.69. The van der Waals surface area contributed by atoms with Gasteiger partial charge in [-0.05, 0) is 57.3 Å². The van der Waals surface area contributed by atoms with Crippen molar-refractivity contribution in [1.29, 1.82) is 0 Å². The highest BCUT2D eigenvalue weighted by Gasteiger charge is 2.34. The Kier molecular flexibility index (Phi) is 3.94. The molecular formula is C16H26N4. The summed E-state index contributed by atoms with van der Waals surface area (Å²) in [7, 11) is 2.28. The van der Waals surface area contributed by atoms with Gasteiger partial charge in [0.05, 0.1) is 0 Å². The number of pyridine rings is 1. The van der Waals surface area contributed by atoms with Crippen molar-refractivity contribution >= 4 is 5.82 Å². The average molecular weight is 274 g/mol. The van der Waals surface area contributed by atoms with Gasteiger partial charge >= 0.3 is 0 Å². The second-order valence-corrected chi connectivity index (χ2v) is 6.42. The zero-order valence-corrected chi connectivity index (χ0v) is 12.6. The summed E-state index contributed by atoms with van der Waals surface area (Å²) in [5.74, 6) is 1.92. The maximum atomic E-state index is 5.89. The third-order valence-electron chi connectivity index (χ3n) is 4.97. The molecule has 0 radical (unpaired) electrons. The number of aromatic nitrogens is 1. The highest BCUT2D eigenvalue weighted by Crippen LogP contribution is 2.31. The molecule has 2 fully saturated rings. The standard InChI is InChI=1S/C16H26N4/c1-12(17)13-5-6-16(18-10-13)20-9-7-15-14(11-20)4-3-8-19(15)2/h5-6,10,12,14-15H,3-4,7-9,11,17H2,1-2H3. The van der Waals surface area contributed by atoms with Gasteiger partial charge in [-0.25, -0.2) is 4.98 Å². The van der Waals surface area contributed by atoms with Crippen molar-refractivity contribution < 1.29 is 0 Å². The Morgan fingerprint density at radius 2 is 2.15 bits per heavy atom. The lowest BCUT2D eigenvalue weighted by molar-refractivity contribution is 0.102. The highest BCUT2D eigenvalue weighted by atomic mass is 15.2. The Morgan fingerprint density at radius 1 is 1.30 bits per heavy atom. The molecule has 3 unspecified atom stereocenters. The minimum absolute atomic E-state index is 0.0641. The summed E-state index contributed by atoms with van der Waals surface area (Å²) in [6, 6.07) is 5.09. The molecule has 0 amide bonds. The molecule has 0 aliphatic carbocycles. The second-order valence-electron chi connectivity index (χ2n) is 6.42. The van der Waals surface area contributed by atoms with E-state index in [9.17, 15) is 0 Å². The van der Waals surface area contributed by atoms with Gasteiger partial charge in [0.1, 0.15) is 5.82 Å². The van der Waals surface area contributed by atoms with Gasteiger partial charge in [-0.1, -0.05) is 6.07 Å². The molecule has 0 aromatic carbocycles. The predicted molar refractivity (Wildman–Crippen MR) is 82.8 cm³/mol. The molecule has 110 valence electrons. The molecule has 1 aromatic heterocycles. The summed E-state index contributed by atoms with van der Waals surface area (Å²) >= 11 is 0. The molecule has 3 atom stereocenters. The summed E-state index contributed by atoms with van der Waals surface area (Å²) in [5.41, 5.74) is 7.00. The fourth-order valence-corrected chi connectivity index (χ4v) is 3.71. The zero-order chi connectivity index (χ0) is 14.1. The van der Waals surface area contributed by atoms with E-state index >= 15 is 0 Å². The van der Waals surface area contributed by atoms with Crippen LogP contribution in [0.3, 0.4) is 0 Å². The summed E-state index contributed by atoms with van der Waals surface area (Å²) in [5, 5.41) is 0. The highest BCUT2D eigenvalue weighted by molar-refractivity contribution is 5.40. The first-order valence-corrected chi connectivity index (χ1v) is 7.82. The van der Waals surface area contributed by atoms with Crippen molar-refractivity contribution in [2.45, 2.75) is 38.3 Å². The first-order chi connectivity index (χ1) is 9.65. The summed E-state index contributed by atoms with van der Waals surface area (Å²) in [4.78, 5) is 9.62. The van der Waals surface area contributed by atoms with Crippen LogP contribution in [-0.2, 0) is 0 Å². The molecule has 2 aliphatic rings. The number of piperidine rings is 2. The Hall–Kier alpha value is -1.13. The van der Waals surface area contributed by atoms with Crippen LogP contribution in [0, 0.1) is 5.92 Å². The lowest BCUT2D eigenvalue weighted by atomic mass is 9.84. The molecule has 2 aliphatic heterocycles. The van der Waals surface area contributed by atoms with E-state index in [4.69, 9.17) is 5.73 Å². The van der Waals surface area contributed by atoms with Crippen molar-refractivity contribution in [3.05, 3.63) is 23.9 Å². The molecule has 1 aromatic rings. The monoisotopic (exact) mass is 274 g/mol. The van der Waals surface area contributed by atoms with Crippen LogP contribution in [-0.4, -0.2) is 42.6 Å². The molecule has 4 nitrogen and oxygen atoms in total. The summed E-state index contributed by atoms with van der Waals surface area (Å²) in [6.45, 7) is 5.54. The summed E-state index contributed by atoms with van der Waals surface area (Å²) in [6.07, 6.45) is 5.89. The molecule has 2 N–H and O–H groups in total. The second kappa shape index (κ2) is 5.70. The largest absolute Gasteiger partial charge is 0.356 e. The molecule has 2 saturated heterocycles. The quantitative estimate of drug-likeness (QED) is 0.896. The molecule has 0 saturated carbocycles. The molecular weight excluding hydrogens is 248 g/mol. The van der Waals surface area contributed by atoms with Crippen molar-refractivity contribution in [2.24, 2.45) is 11.7 Å². The number of likely N-dealkylation sites (tertiary alicyclic amines) is 1. The molecule has 0 spiro atoms. The first-order valence-electron chi connectivity index (χ1n) is 7.82. The van der Waals surface area contributed by atoms with E-state index in [1.165, 1.54) is 25.8 Å². The molecule has 20 heavy (non-hydrogen) atoms. The van der Waals surface area contributed by atoms with Gasteiger partial charge in [-0.15, -0.1) is 0 Å². The zero-order valence-electron chi connectivity index (χ0n) is 12.6. The molecule has 0 bridgehead atoms. The fraction of sp³-hybridized carbons (Fsp3) is 0.688. The van der Waals surface area contributed by atoms with Crippen LogP contribution in [0.25, 0.3) is 0 Å². The van der Waals surface area contributed by atoms with Crippen LogP contribution >= 0.6 is 0 Å². The van der Waals surface area contributed by atoms with E-state index in [2.05, 4.69) is 34.0 Å². The van der Waals surface area contributed by atoms with Crippen LogP contribution < -0.4 is 10.6 Å². The number of fused-ring (bicyclic) bond motifs is 1. The van der Waals surface area contributed by atoms with Crippen LogP contribution in [0.15, 0.2) is 18.3 Å². The molecule has 4 heteroatoms. The fourth-order valence-electron chi connectivity index (χ4n) is 3.71. The number of anilines is 1. The van der Waals surface area contributed by atoms with E-state index in [1.54, 1.807) is 0 Å². The van der Waals surface area contributed by atoms with Crippen molar-refractivity contribution in [3.8, 4) is 0 Å². The van der Waals surface area contributed by atoms with Crippen molar-refractivity contribution in [1.82, 2.24) is 9.88 Å². The average Bonchev–Trinajstić information content (AvgIpc) is 2.47. The third-order valence-corrected chi connectivity index (χ3v) is 4.97. The number of nitrogens with two attached hydrogens (primary N) is 1. The normalized spacial score (nSPS) is 29.1. The van der Waals surface area contributed by atoms with E-state index in [-0.39, 0.29) is 6.04 Å². The Bertz CT molecular complexity index is 442. The Morgan fingerprint density at radius 3 is 2.85 bits per heavy atom. The van der Waals surface area contributed by atoms with Gasteiger partial charge in [0, 0.05) is 31.4 Å². The van der Waals surface area contributed by atoms with E-state index in [1.807, 2.05) is 13.1 Å². The number of rotatable bonds is 2. The van der Waals surface area contributed by atoms with Gasteiger partial charge in [0.15, 0.2) is 0 Å². The maximum absolute atomic E-state index is 5.89. The minimum atomic E-state index is 0.0641. The lowest BCUT2D eigenvalue weighted by Crippen LogP contribution is -2.52. The topological polar surface area (TPSA) is 45.4 Å². The smallest absolute Gasteiger partial charge is 0.128 e. The van der Waals surface area contributed by atoms with Gasteiger partial charge in [-0.3, -0.25) is 0 Å². The van der Waals surface area contributed by atoms with Crippen LogP contribution in [0.5, 0.6) is 0 Å². The summed E-state index contributed by atoms with van der Waals surface area (Å²) < 4.78 is 0. The van der Waals surface area contributed by atoms with Gasteiger partial charge in [-0.2, -0.15) is 0 Å². The molecule has 3 heterocycles. The van der Waals surface area contributed by atoms with E-state index in [0.717, 1.165) is 36.4 Å². The lowest BCUT2D eigenvalue weighted by Gasteiger charge is -2.46. The van der Waals surface area contributed by atoms with Gasteiger partial charge in [0.2, 0.25) is 0 Å². The number of hydrogen-bond donors (Lipinski definition) is 1. The molecule has 3 rings (SSSR count). The minimum Gasteiger partial charge on any atom is -0.356 e. The first kappa shape index (κ1) is 13.8.